The van der Waals surface area contributed by atoms with Gasteiger partial charge in [0.1, 0.15) is 6.54 Å². The van der Waals surface area contributed by atoms with Crippen LogP contribution in [0.3, 0.4) is 0 Å². The molecule has 1 aromatic rings. The van der Waals surface area contributed by atoms with Gasteiger partial charge in [-0.3, -0.25) is 4.98 Å². The molecule has 1 aromatic heterocycles. The van der Waals surface area contributed by atoms with Crippen LogP contribution >= 0.6 is 11.6 Å². The van der Waals surface area contributed by atoms with Crippen LogP contribution in [0.5, 0.6) is 0 Å². The van der Waals surface area contributed by atoms with Crippen molar-refractivity contribution in [3.8, 4) is 0 Å². The molecular weight excluding hydrogens is 164 g/mol. The lowest BCUT2D eigenvalue weighted by atomic mass is 10.3. The van der Waals surface area contributed by atoms with E-state index in [2.05, 4.69) is 10.2 Å². The summed E-state index contributed by atoms with van der Waals surface area (Å²) in [6.07, 6.45) is 0. The molecule has 1 heterocycles. The lowest BCUT2D eigenvalue weighted by Gasteiger charge is -1.96. The summed E-state index contributed by atoms with van der Waals surface area (Å²) in [7, 11) is 0. The highest BCUT2D eigenvalue weighted by atomic mass is 35.5. The van der Waals surface area contributed by atoms with Crippen LogP contribution in [0.1, 0.15) is 11.4 Å². The highest BCUT2D eigenvalue weighted by molar-refractivity contribution is 6.30. The number of nitrogens with zero attached hydrogens (tertiary/aromatic N) is 2. The lowest BCUT2D eigenvalue weighted by Crippen LogP contribution is -1.89. The molecule has 0 aliphatic rings. The van der Waals surface area contributed by atoms with E-state index in [-0.39, 0.29) is 6.54 Å². The molecule has 11 heavy (non-hydrogen) atoms. The molecule has 0 aliphatic carbocycles. The number of aryl methyl sites for hydroxylation is 1. The van der Waals surface area contributed by atoms with E-state index in [4.69, 9.17) is 11.6 Å². The minimum Gasteiger partial charge on any atom is -0.256 e. The van der Waals surface area contributed by atoms with Crippen LogP contribution in [0.4, 0.5) is 0 Å². The standard InChI is InChI=1S/C7H7ClN2O/c1-5-2-6(8)3-7(10-5)4-9-11/h2-3H,4H2,1H3. The zero-order valence-electron chi connectivity index (χ0n) is 6.04. The van der Waals surface area contributed by atoms with Crippen molar-refractivity contribution in [1.29, 1.82) is 0 Å². The first kappa shape index (κ1) is 8.14. The molecule has 0 saturated heterocycles. The topological polar surface area (TPSA) is 42.3 Å². The van der Waals surface area contributed by atoms with E-state index in [1.165, 1.54) is 0 Å². The summed E-state index contributed by atoms with van der Waals surface area (Å²) in [5.74, 6) is 0. The monoisotopic (exact) mass is 170 g/mol. The molecule has 58 valence electrons. The largest absolute Gasteiger partial charge is 0.256 e. The number of hydrogen-bond donors (Lipinski definition) is 0. The van der Waals surface area contributed by atoms with Gasteiger partial charge in [-0.1, -0.05) is 16.8 Å². The number of pyridine rings is 1. The second-order valence-corrected chi connectivity index (χ2v) is 2.64. The van der Waals surface area contributed by atoms with Crippen molar-refractivity contribution in [2.75, 3.05) is 0 Å². The van der Waals surface area contributed by atoms with E-state index in [9.17, 15) is 4.91 Å². The van der Waals surface area contributed by atoms with Crippen molar-refractivity contribution in [1.82, 2.24) is 4.98 Å². The van der Waals surface area contributed by atoms with Crippen LogP contribution in [0.2, 0.25) is 5.02 Å². The van der Waals surface area contributed by atoms with Crippen LogP contribution < -0.4 is 0 Å². The number of hydrogen-bond acceptors (Lipinski definition) is 3. The Balaban J connectivity index is 2.98. The maximum atomic E-state index is 9.86. The Labute approximate surface area is 69.4 Å². The van der Waals surface area contributed by atoms with E-state index < -0.39 is 0 Å². The maximum absolute atomic E-state index is 9.86. The van der Waals surface area contributed by atoms with Crippen molar-refractivity contribution in [2.45, 2.75) is 13.5 Å². The maximum Gasteiger partial charge on any atom is 0.123 e. The molecular formula is C7H7ClN2O. The Hall–Kier alpha value is -0.960. The molecule has 0 aliphatic heterocycles. The molecule has 3 nitrogen and oxygen atoms in total. The fourth-order valence-corrected chi connectivity index (χ4v) is 1.12. The van der Waals surface area contributed by atoms with E-state index in [0.29, 0.717) is 10.7 Å². The van der Waals surface area contributed by atoms with E-state index in [1.54, 1.807) is 12.1 Å². The van der Waals surface area contributed by atoms with Crippen molar-refractivity contribution in [3.05, 3.63) is 33.5 Å². The summed E-state index contributed by atoms with van der Waals surface area (Å²) in [4.78, 5) is 13.9. The summed E-state index contributed by atoms with van der Waals surface area (Å²) in [5, 5.41) is 3.31. The molecule has 0 spiro atoms. The van der Waals surface area contributed by atoms with Crippen LogP contribution in [0.25, 0.3) is 0 Å². The summed E-state index contributed by atoms with van der Waals surface area (Å²) in [6, 6.07) is 3.37. The van der Waals surface area contributed by atoms with Crippen LogP contribution in [0, 0.1) is 11.8 Å². The highest BCUT2D eigenvalue weighted by Crippen LogP contribution is 2.11. The Bertz CT molecular complexity index is 255. The Kier molecular flexibility index (Phi) is 2.54. The van der Waals surface area contributed by atoms with Gasteiger partial charge in [0, 0.05) is 10.7 Å². The second kappa shape index (κ2) is 3.44. The SMILES string of the molecule is Cc1cc(Cl)cc(CN=O)n1. The van der Waals surface area contributed by atoms with Crippen LogP contribution in [0.15, 0.2) is 17.3 Å². The third-order valence-electron chi connectivity index (χ3n) is 1.20. The zero-order valence-corrected chi connectivity index (χ0v) is 6.80. The van der Waals surface area contributed by atoms with Gasteiger partial charge in [0.05, 0.1) is 5.69 Å². The van der Waals surface area contributed by atoms with Gasteiger partial charge in [-0.2, -0.15) is 4.91 Å². The number of nitroso groups, excluding NO2 is 1. The van der Waals surface area contributed by atoms with Gasteiger partial charge in [0.2, 0.25) is 0 Å². The van der Waals surface area contributed by atoms with Crippen molar-refractivity contribution in [2.24, 2.45) is 5.18 Å². The molecule has 0 unspecified atom stereocenters. The van der Waals surface area contributed by atoms with E-state index in [1.807, 2.05) is 6.92 Å². The van der Waals surface area contributed by atoms with Gasteiger partial charge in [-0.15, -0.1) is 0 Å². The van der Waals surface area contributed by atoms with Gasteiger partial charge >= 0.3 is 0 Å². The van der Waals surface area contributed by atoms with Gasteiger partial charge < -0.3 is 0 Å². The van der Waals surface area contributed by atoms with E-state index >= 15 is 0 Å². The normalized spacial score (nSPS) is 9.64. The molecule has 0 saturated carbocycles. The molecule has 0 amide bonds. The first-order valence-corrected chi connectivity index (χ1v) is 3.52. The van der Waals surface area contributed by atoms with Crippen molar-refractivity contribution < 1.29 is 0 Å². The van der Waals surface area contributed by atoms with Gasteiger partial charge in [0.15, 0.2) is 0 Å². The third kappa shape index (κ3) is 2.27. The molecule has 0 bridgehead atoms. The summed E-state index contributed by atoms with van der Waals surface area (Å²) in [5.41, 5.74) is 1.42. The fourth-order valence-electron chi connectivity index (χ4n) is 0.839. The first-order chi connectivity index (χ1) is 5.22. The molecule has 0 radical (unpaired) electrons. The molecule has 0 aromatic carbocycles. The predicted molar refractivity (Wildman–Crippen MR) is 43.5 cm³/mol. The van der Waals surface area contributed by atoms with Gasteiger partial charge in [-0.25, -0.2) is 0 Å². The quantitative estimate of drug-likeness (QED) is 0.640. The van der Waals surface area contributed by atoms with E-state index in [0.717, 1.165) is 5.69 Å². The molecule has 0 atom stereocenters. The minimum atomic E-state index is 0.0847. The summed E-state index contributed by atoms with van der Waals surface area (Å²) < 4.78 is 0. The van der Waals surface area contributed by atoms with Crippen molar-refractivity contribution >= 4 is 11.6 Å². The zero-order chi connectivity index (χ0) is 8.27. The van der Waals surface area contributed by atoms with Gasteiger partial charge in [-0.05, 0) is 19.1 Å². The van der Waals surface area contributed by atoms with Crippen molar-refractivity contribution in [3.63, 3.8) is 0 Å². The molecule has 0 N–H and O–H groups in total. The average Bonchev–Trinajstić information content (AvgIpc) is 1.85. The summed E-state index contributed by atoms with van der Waals surface area (Å²) >= 11 is 5.70. The average molecular weight is 171 g/mol. The first-order valence-electron chi connectivity index (χ1n) is 3.14. The molecule has 0 fully saturated rings. The summed E-state index contributed by atoms with van der Waals surface area (Å²) in [6.45, 7) is 1.90. The number of rotatable bonds is 2. The second-order valence-electron chi connectivity index (χ2n) is 2.21. The highest BCUT2D eigenvalue weighted by Gasteiger charge is 1.97. The fraction of sp³-hybridized carbons (Fsp3) is 0.286. The Morgan fingerprint density at radius 1 is 1.64 bits per heavy atom. The Morgan fingerprint density at radius 3 is 2.91 bits per heavy atom. The molecule has 1 rings (SSSR count). The van der Waals surface area contributed by atoms with Gasteiger partial charge in [0.25, 0.3) is 0 Å². The predicted octanol–water partition coefficient (Wildman–Crippen LogP) is 2.31. The minimum absolute atomic E-state index is 0.0847. The number of aromatic nitrogens is 1. The molecule has 4 heteroatoms. The van der Waals surface area contributed by atoms with Crippen LogP contribution in [-0.2, 0) is 6.54 Å². The lowest BCUT2D eigenvalue weighted by molar-refractivity contribution is 0.962. The Morgan fingerprint density at radius 2 is 2.36 bits per heavy atom. The smallest absolute Gasteiger partial charge is 0.123 e. The van der Waals surface area contributed by atoms with Crippen LogP contribution in [-0.4, -0.2) is 4.98 Å². The number of halogens is 1. The third-order valence-corrected chi connectivity index (χ3v) is 1.42.